The molecule has 0 aromatic heterocycles. The third kappa shape index (κ3) is 2.73. The molecular formula is C13H26N2. The van der Waals surface area contributed by atoms with Crippen LogP contribution in [-0.4, -0.2) is 37.1 Å². The van der Waals surface area contributed by atoms with Gasteiger partial charge in [0.15, 0.2) is 0 Å². The van der Waals surface area contributed by atoms with Gasteiger partial charge in [0, 0.05) is 12.1 Å². The van der Waals surface area contributed by atoms with Gasteiger partial charge in [-0.15, -0.1) is 0 Å². The minimum Gasteiger partial charge on any atom is -0.317 e. The van der Waals surface area contributed by atoms with Gasteiger partial charge in [0.2, 0.25) is 0 Å². The molecule has 1 saturated heterocycles. The smallest absolute Gasteiger partial charge is 0.0121 e. The molecule has 2 aliphatic rings. The van der Waals surface area contributed by atoms with Gasteiger partial charge in [0.05, 0.1) is 0 Å². The van der Waals surface area contributed by atoms with Crippen molar-refractivity contribution in [2.75, 3.05) is 20.1 Å². The lowest BCUT2D eigenvalue weighted by atomic mass is 9.84. The molecule has 2 fully saturated rings. The van der Waals surface area contributed by atoms with Gasteiger partial charge in [0.25, 0.3) is 0 Å². The van der Waals surface area contributed by atoms with E-state index < -0.39 is 0 Å². The molecule has 1 heterocycles. The number of rotatable bonds is 2. The van der Waals surface area contributed by atoms with E-state index in [2.05, 4.69) is 24.2 Å². The van der Waals surface area contributed by atoms with Crippen LogP contribution >= 0.6 is 0 Å². The molecule has 2 heteroatoms. The molecule has 2 atom stereocenters. The van der Waals surface area contributed by atoms with E-state index in [0.29, 0.717) is 0 Å². The van der Waals surface area contributed by atoms with Crippen molar-refractivity contribution in [2.24, 2.45) is 5.92 Å². The van der Waals surface area contributed by atoms with Crippen molar-refractivity contribution in [1.29, 1.82) is 0 Å². The summed E-state index contributed by atoms with van der Waals surface area (Å²) in [6, 6.07) is 1.71. The Labute approximate surface area is 94.4 Å². The summed E-state index contributed by atoms with van der Waals surface area (Å²) in [5.41, 5.74) is 0. The van der Waals surface area contributed by atoms with Crippen LogP contribution in [0, 0.1) is 5.92 Å². The first-order valence-electron chi connectivity index (χ1n) is 6.71. The van der Waals surface area contributed by atoms with E-state index in [0.717, 1.165) is 18.0 Å². The Morgan fingerprint density at radius 1 is 1.00 bits per heavy atom. The molecule has 0 spiro atoms. The van der Waals surface area contributed by atoms with Crippen molar-refractivity contribution in [2.45, 2.75) is 57.5 Å². The number of hydrogen-bond acceptors (Lipinski definition) is 2. The lowest BCUT2D eigenvalue weighted by Gasteiger charge is -2.42. The summed E-state index contributed by atoms with van der Waals surface area (Å²) in [6.07, 6.45) is 8.48. The largest absolute Gasteiger partial charge is 0.317 e. The molecule has 1 aliphatic carbocycles. The van der Waals surface area contributed by atoms with Gasteiger partial charge in [-0.05, 0) is 51.7 Å². The molecule has 0 aromatic rings. The van der Waals surface area contributed by atoms with Gasteiger partial charge in [-0.25, -0.2) is 0 Å². The van der Waals surface area contributed by atoms with E-state index in [1.54, 1.807) is 0 Å². The summed E-state index contributed by atoms with van der Waals surface area (Å²) in [4.78, 5) is 2.70. The topological polar surface area (TPSA) is 15.3 Å². The van der Waals surface area contributed by atoms with Crippen molar-refractivity contribution >= 4 is 0 Å². The Balaban J connectivity index is 1.89. The predicted octanol–water partition coefficient (Wildman–Crippen LogP) is 2.25. The average molecular weight is 210 g/mol. The minimum absolute atomic E-state index is 0.844. The molecule has 0 amide bonds. The Bertz CT molecular complexity index is 187. The van der Waals surface area contributed by atoms with E-state index in [1.807, 2.05) is 0 Å². The van der Waals surface area contributed by atoms with Crippen LogP contribution in [0.3, 0.4) is 0 Å². The second-order valence-corrected chi connectivity index (χ2v) is 5.48. The molecule has 15 heavy (non-hydrogen) atoms. The summed E-state index contributed by atoms with van der Waals surface area (Å²) in [5, 5.41) is 3.46. The first-order chi connectivity index (χ1) is 7.29. The molecule has 2 nitrogen and oxygen atoms in total. The molecule has 88 valence electrons. The third-order valence-corrected chi connectivity index (χ3v) is 4.47. The van der Waals surface area contributed by atoms with Crippen LogP contribution in [0.25, 0.3) is 0 Å². The summed E-state index contributed by atoms with van der Waals surface area (Å²) in [6.45, 7) is 4.88. The quantitative estimate of drug-likeness (QED) is 0.752. The highest BCUT2D eigenvalue weighted by atomic mass is 15.2. The van der Waals surface area contributed by atoms with Gasteiger partial charge in [-0.2, -0.15) is 0 Å². The van der Waals surface area contributed by atoms with Crippen molar-refractivity contribution in [3.8, 4) is 0 Å². The number of hydrogen-bond donors (Lipinski definition) is 1. The van der Waals surface area contributed by atoms with Crippen LogP contribution in [0.15, 0.2) is 0 Å². The molecule has 0 bridgehead atoms. The highest BCUT2D eigenvalue weighted by molar-refractivity contribution is 4.85. The van der Waals surface area contributed by atoms with Crippen LogP contribution in [0.4, 0.5) is 0 Å². The molecule has 1 aliphatic heterocycles. The van der Waals surface area contributed by atoms with Gasteiger partial charge < -0.3 is 10.2 Å². The zero-order valence-electron chi connectivity index (χ0n) is 10.3. The Morgan fingerprint density at radius 2 is 1.67 bits per heavy atom. The molecule has 0 radical (unpaired) electrons. The fraction of sp³-hybridized carbons (Fsp3) is 1.00. The third-order valence-electron chi connectivity index (χ3n) is 4.47. The lowest BCUT2D eigenvalue weighted by molar-refractivity contribution is 0.0807. The van der Waals surface area contributed by atoms with E-state index in [9.17, 15) is 0 Å². The number of nitrogens with zero attached hydrogens (tertiary/aromatic N) is 1. The monoisotopic (exact) mass is 210 g/mol. The van der Waals surface area contributed by atoms with Crippen LogP contribution in [0.5, 0.6) is 0 Å². The second kappa shape index (κ2) is 5.31. The molecule has 0 aromatic carbocycles. The van der Waals surface area contributed by atoms with Crippen LogP contribution in [0.2, 0.25) is 0 Å². The average Bonchev–Trinajstić information content (AvgIpc) is 2.30. The SMILES string of the molecule is C[C@H]1CCCC[C@@H]1N(C)C1CCNCC1. The zero-order chi connectivity index (χ0) is 10.7. The summed E-state index contributed by atoms with van der Waals surface area (Å²) in [7, 11) is 2.36. The fourth-order valence-corrected chi connectivity index (χ4v) is 3.39. The summed E-state index contributed by atoms with van der Waals surface area (Å²) in [5.74, 6) is 0.915. The highest BCUT2D eigenvalue weighted by Crippen LogP contribution is 2.29. The maximum atomic E-state index is 3.46. The Hall–Kier alpha value is -0.0800. The van der Waals surface area contributed by atoms with E-state index in [-0.39, 0.29) is 0 Å². The van der Waals surface area contributed by atoms with Crippen molar-refractivity contribution in [3.63, 3.8) is 0 Å². The van der Waals surface area contributed by atoms with Crippen molar-refractivity contribution in [3.05, 3.63) is 0 Å². The van der Waals surface area contributed by atoms with Crippen LogP contribution < -0.4 is 5.32 Å². The number of piperidine rings is 1. The van der Waals surface area contributed by atoms with E-state index in [1.165, 1.54) is 51.6 Å². The number of nitrogens with one attached hydrogen (secondary N) is 1. The Morgan fingerprint density at radius 3 is 2.33 bits per heavy atom. The van der Waals surface area contributed by atoms with Crippen molar-refractivity contribution in [1.82, 2.24) is 10.2 Å². The zero-order valence-corrected chi connectivity index (χ0v) is 10.3. The van der Waals surface area contributed by atoms with Crippen LogP contribution in [0.1, 0.15) is 45.4 Å². The van der Waals surface area contributed by atoms with Crippen molar-refractivity contribution < 1.29 is 0 Å². The van der Waals surface area contributed by atoms with Gasteiger partial charge in [0.1, 0.15) is 0 Å². The van der Waals surface area contributed by atoms with Gasteiger partial charge in [-0.3, -0.25) is 0 Å². The summed E-state index contributed by atoms with van der Waals surface area (Å²) >= 11 is 0. The normalized spacial score (nSPS) is 34.6. The predicted molar refractivity (Wildman–Crippen MR) is 65.1 cm³/mol. The fourth-order valence-electron chi connectivity index (χ4n) is 3.39. The maximum absolute atomic E-state index is 3.46. The first-order valence-corrected chi connectivity index (χ1v) is 6.71. The summed E-state index contributed by atoms with van der Waals surface area (Å²) < 4.78 is 0. The van der Waals surface area contributed by atoms with E-state index in [4.69, 9.17) is 0 Å². The second-order valence-electron chi connectivity index (χ2n) is 5.48. The molecule has 1 saturated carbocycles. The Kier molecular flexibility index (Phi) is 4.04. The highest BCUT2D eigenvalue weighted by Gasteiger charge is 2.29. The minimum atomic E-state index is 0.844. The first kappa shape index (κ1) is 11.4. The standard InChI is InChI=1S/C13H26N2/c1-11-5-3-4-6-13(11)15(2)12-7-9-14-10-8-12/h11-14H,3-10H2,1-2H3/t11-,13-/m0/s1. The van der Waals surface area contributed by atoms with E-state index >= 15 is 0 Å². The van der Waals surface area contributed by atoms with Gasteiger partial charge in [-0.1, -0.05) is 19.8 Å². The molecule has 1 N–H and O–H groups in total. The molecule has 0 unspecified atom stereocenters. The van der Waals surface area contributed by atoms with Crippen LogP contribution in [-0.2, 0) is 0 Å². The molecular weight excluding hydrogens is 184 g/mol. The molecule has 2 rings (SSSR count). The lowest BCUT2D eigenvalue weighted by Crippen LogP contribution is -2.48. The van der Waals surface area contributed by atoms with Gasteiger partial charge >= 0.3 is 0 Å². The maximum Gasteiger partial charge on any atom is 0.0121 e.